The van der Waals surface area contributed by atoms with Gasteiger partial charge in [0.1, 0.15) is 0 Å². The third-order valence-corrected chi connectivity index (χ3v) is 3.41. The molecule has 0 saturated carbocycles. The zero-order valence-corrected chi connectivity index (χ0v) is 11.3. The highest BCUT2D eigenvalue weighted by Gasteiger charge is 2.35. The Hall–Kier alpha value is -1.88. The van der Waals surface area contributed by atoms with Crippen molar-refractivity contribution in [3.63, 3.8) is 0 Å². The Balaban J connectivity index is 2.22. The minimum absolute atomic E-state index is 0.0398. The van der Waals surface area contributed by atoms with Crippen LogP contribution < -0.4 is 11.1 Å². The molecule has 102 valence electrons. The fourth-order valence-electron chi connectivity index (χ4n) is 2.33. The SMILES string of the molecule is CC1(C)NCCN(Cc2ccccc2C(N)=O)C1=O. The molecule has 0 atom stereocenters. The maximum absolute atomic E-state index is 12.3. The van der Waals surface area contributed by atoms with Crippen LogP contribution in [0.15, 0.2) is 24.3 Å². The molecule has 1 aromatic rings. The van der Waals surface area contributed by atoms with Gasteiger partial charge in [-0.3, -0.25) is 9.59 Å². The molecule has 0 aromatic heterocycles. The summed E-state index contributed by atoms with van der Waals surface area (Å²) in [7, 11) is 0. The minimum Gasteiger partial charge on any atom is -0.366 e. The predicted molar refractivity (Wildman–Crippen MR) is 72.5 cm³/mol. The van der Waals surface area contributed by atoms with Gasteiger partial charge >= 0.3 is 0 Å². The van der Waals surface area contributed by atoms with Crippen LogP contribution in [0.1, 0.15) is 29.8 Å². The molecule has 1 heterocycles. The molecule has 1 aliphatic heterocycles. The topological polar surface area (TPSA) is 75.4 Å². The predicted octanol–water partition coefficient (Wildman–Crippen LogP) is 0.496. The van der Waals surface area contributed by atoms with Crippen molar-refractivity contribution in [2.75, 3.05) is 13.1 Å². The van der Waals surface area contributed by atoms with E-state index < -0.39 is 11.4 Å². The number of hydrogen-bond donors (Lipinski definition) is 2. The first-order chi connectivity index (χ1) is 8.92. The highest BCUT2D eigenvalue weighted by molar-refractivity contribution is 5.94. The third kappa shape index (κ3) is 2.76. The van der Waals surface area contributed by atoms with Crippen molar-refractivity contribution >= 4 is 11.8 Å². The molecule has 3 N–H and O–H groups in total. The number of carbonyl (C=O) groups excluding carboxylic acids is 2. The lowest BCUT2D eigenvalue weighted by atomic mass is 9.99. The van der Waals surface area contributed by atoms with Crippen molar-refractivity contribution in [2.24, 2.45) is 5.73 Å². The number of nitrogens with two attached hydrogens (primary N) is 1. The third-order valence-electron chi connectivity index (χ3n) is 3.41. The Morgan fingerprint density at radius 2 is 2.11 bits per heavy atom. The second-order valence-corrected chi connectivity index (χ2v) is 5.30. The van der Waals surface area contributed by atoms with Crippen molar-refractivity contribution < 1.29 is 9.59 Å². The molecule has 0 spiro atoms. The average molecular weight is 261 g/mol. The summed E-state index contributed by atoms with van der Waals surface area (Å²) in [5.74, 6) is -0.421. The van der Waals surface area contributed by atoms with E-state index in [-0.39, 0.29) is 5.91 Å². The molecule has 5 nitrogen and oxygen atoms in total. The number of rotatable bonds is 3. The highest BCUT2D eigenvalue weighted by Crippen LogP contribution is 2.17. The largest absolute Gasteiger partial charge is 0.366 e. The second-order valence-electron chi connectivity index (χ2n) is 5.30. The molecule has 0 aliphatic carbocycles. The van der Waals surface area contributed by atoms with E-state index in [1.54, 1.807) is 17.0 Å². The molecule has 2 rings (SSSR count). The lowest BCUT2D eigenvalue weighted by molar-refractivity contribution is -0.140. The van der Waals surface area contributed by atoms with Gasteiger partial charge in [-0.1, -0.05) is 18.2 Å². The fraction of sp³-hybridized carbons (Fsp3) is 0.429. The van der Waals surface area contributed by atoms with Crippen molar-refractivity contribution in [3.8, 4) is 0 Å². The average Bonchev–Trinajstić information content (AvgIpc) is 2.35. The molecule has 1 fully saturated rings. The molecule has 0 bridgehead atoms. The zero-order chi connectivity index (χ0) is 14.0. The maximum Gasteiger partial charge on any atom is 0.249 e. The molecule has 0 radical (unpaired) electrons. The lowest BCUT2D eigenvalue weighted by Crippen LogP contribution is -2.60. The van der Waals surface area contributed by atoms with Crippen molar-refractivity contribution in [2.45, 2.75) is 25.9 Å². The van der Waals surface area contributed by atoms with Crippen LogP contribution in [0.2, 0.25) is 0 Å². The van der Waals surface area contributed by atoms with Gasteiger partial charge in [0.25, 0.3) is 0 Å². The van der Waals surface area contributed by atoms with Crippen molar-refractivity contribution in [3.05, 3.63) is 35.4 Å². The van der Waals surface area contributed by atoms with Crippen LogP contribution in [-0.2, 0) is 11.3 Å². The maximum atomic E-state index is 12.3. The zero-order valence-electron chi connectivity index (χ0n) is 11.3. The fourth-order valence-corrected chi connectivity index (χ4v) is 2.33. The summed E-state index contributed by atoms with van der Waals surface area (Å²) >= 11 is 0. The molecule has 1 aromatic carbocycles. The summed E-state index contributed by atoms with van der Waals surface area (Å²) in [6.45, 7) is 5.53. The number of carbonyl (C=O) groups is 2. The second kappa shape index (κ2) is 5.01. The number of benzene rings is 1. The van der Waals surface area contributed by atoms with E-state index in [9.17, 15) is 9.59 Å². The van der Waals surface area contributed by atoms with Gasteiger partial charge in [0.2, 0.25) is 11.8 Å². The number of amides is 2. The van der Waals surface area contributed by atoms with Crippen LogP contribution >= 0.6 is 0 Å². The summed E-state index contributed by atoms with van der Waals surface area (Å²) in [5.41, 5.74) is 6.07. The van der Waals surface area contributed by atoms with Crippen LogP contribution in [0.4, 0.5) is 0 Å². The van der Waals surface area contributed by atoms with Crippen LogP contribution in [0.25, 0.3) is 0 Å². The molecule has 1 saturated heterocycles. The molecule has 0 unspecified atom stereocenters. The van der Waals surface area contributed by atoms with Gasteiger partial charge in [0.15, 0.2) is 0 Å². The smallest absolute Gasteiger partial charge is 0.249 e. The Morgan fingerprint density at radius 1 is 1.42 bits per heavy atom. The van der Waals surface area contributed by atoms with E-state index in [4.69, 9.17) is 5.73 Å². The summed E-state index contributed by atoms with van der Waals surface area (Å²) in [6.07, 6.45) is 0. The summed E-state index contributed by atoms with van der Waals surface area (Å²) < 4.78 is 0. The van der Waals surface area contributed by atoms with Crippen LogP contribution in [0.3, 0.4) is 0 Å². The van der Waals surface area contributed by atoms with Crippen molar-refractivity contribution in [1.29, 1.82) is 0 Å². The van der Waals surface area contributed by atoms with Gasteiger partial charge in [0.05, 0.1) is 5.54 Å². The Labute approximate surface area is 112 Å². The van der Waals surface area contributed by atoms with Gasteiger partial charge in [0, 0.05) is 25.2 Å². The van der Waals surface area contributed by atoms with E-state index in [1.165, 1.54) is 0 Å². The Kier molecular flexibility index (Phi) is 3.57. The quantitative estimate of drug-likeness (QED) is 0.831. The Bertz CT molecular complexity index is 511. The van der Waals surface area contributed by atoms with Crippen molar-refractivity contribution in [1.82, 2.24) is 10.2 Å². The number of hydrogen-bond acceptors (Lipinski definition) is 3. The molecule has 5 heteroatoms. The molecular formula is C14H19N3O2. The monoisotopic (exact) mass is 261 g/mol. The van der Waals surface area contributed by atoms with Crippen LogP contribution in [0.5, 0.6) is 0 Å². The first-order valence-electron chi connectivity index (χ1n) is 6.34. The number of piperazine rings is 1. The number of nitrogens with zero attached hydrogens (tertiary/aromatic N) is 1. The van der Waals surface area contributed by atoms with E-state index in [2.05, 4.69) is 5.32 Å². The molecule has 1 aliphatic rings. The van der Waals surface area contributed by atoms with E-state index in [0.717, 1.165) is 12.1 Å². The molecule has 2 amide bonds. The number of primary amides is 1. The van der Waals surface area contributed by atoms with Gasteiger partial charge in [-0.25, -0.2) is 0 Å². The number of nitrogens with one attached hydrogen (secondary N) is 1. The summed E-state index contributed by atoms with van der Waals surface area (Å²) in [5, 5.41) is 3.18. The van der Waals surface area contributed by atoms with Gasteiger partial charge < -0.3 is 16.0 Å². The first-order valence-corrected chi connectivity index (χ1v) is 6.34. The van der Waals surface area contributed by atoms with Crippen LogP contribution in [-0.4, -0.2) is 35.3 Å². The van der Waals surface area contributed by atoms with E-state index in [0.29, 0.717) is 18.7 Å². The highest BCUT2D eigenvalue weighted by atomic mass is 16.2. The molecular weight excluding hydrogens is 242 g/mol. The van der Waals surface area contributed by atoms with Crippen LogP contribution in [0, 0.1) is 0 Å². The van der Waals surface area contributed by atoms with E-state index >= 15 is 0 Å². The lowest BCUT2D eigenvalue weighted by Gasteiger charge is -2.38. The van der Waals surface area contributed by atoms with Gasteiger partial charge in [-0.05, 0) is 25.5 Å². The minimum atomic E-state index is -0.556. The summed E-state index contributed by atoms with van der Waals surface area (Å²) in [6, 6.07) is 7.14. The van der Waals surface area contributed by atoms with E-state index in [1.807, 2.05) is 26.0 Å². The molecule has 19 heavy (non-hydrogen) atoms. The summed E-state index contributed by atoms with van der Waals surface area (Å²) in [4.78, 5) is 25.4. The first kappa shape index (κ1) is 13.5. The Morgan fingerprint density at radius 3 is 2.79 bits per heavy atom. The standard InChI is InChI=1S/C14H19N3O2/c1-14(2)13(19)17(8-7-16-14)9-10-5-3-4-6-11(10)12(15)18/h3-6,16H,7-9H2,1-2H3,(H2,15,18). The van der Waals surface area contributed by atoms with Gasteiger partial charge in [-0.2, -0.15) is 0 Å². The normalized spacial score (nSPS) is 18.4. The van der Waals surface area contributed by atoms with Gasteiger partial charge in [-0.15, -0.1) is 0 Å².